The van der Waals surface area contributed by atoms with Gasteiger partial charge in [0.25, 0.3) is 0 Å². The molecular weight excluding hydrogens is 164 g/mol. The summed E-state index contributed by atoms with van der Waals surface area (Å²) in [6, 6.07) is 1.96. The number of rotatable bonds is 3. The Labute approximate surface area is 77.6 Å². The summed E-state index contributed by atoms with van der Waals surface area (Å²) in [7, 11) is 0. The van der Waals surface area contributed by atoms with Gasteiger partial charge in [-0.15, -0.1) is 0 Å². The van der Waals surface area contributed by atoms with Crippen molar-refractivity contribution in [1.82, 2.24) is 9.97 Å². The van der Waals surface area contributed by atoms with Crippen LogP contribution in [0, 0.1) is 11.3 Å². The third-order valence-corrected chi connectivity index (χ3v) is 1.66. The van der Waals surface area contributed by atoms with Crippen molar-refractivity contribution in [2.75, 3.05) is 11.9 Å². The highest BCUT2D eigenvalue weighted by Crippen LogP contribution is 2.11. The van der Waals surface area contributed by atoms with Crippen molar-refractivity contribution in [3.63, 3.8) is 0 Å². The first-order valence-corrected chi connectivity index (χ1v) is 4.17. The van der Waals surface area contributed by atoms with E-state index >= 15 is 0 Å². The van der Waals surface area contributed by atoms with Crippen LogP contribution in [0.2, 0.25) is 0 Å². The van der Waals surface area contributed by atoms with Crippen LogP contribution < -0.4 is 5.32 Å². The minimum Gasteiger partial charge on any atom is -0.341 e. The summed E-state index contributed by atoms with van der Waals surface area (Å²) in [5.74, 6) is 0.941. The second-order valence-corrected chi connectivity index (χ2v) is 3.01. The van der Waals surface area contributed by atoms with Crippen molar-refractivity contribution < 1.29 is 0 Å². The Bertz CT molecular complexity index is 296. The number of hydrogen-bond donors (Lipinski definition) is 1. The molecule has 68 valence electrons. The molecule has 1 aromatic rings. The van der Waals surface area contributed by atoms with Crippen molar-refractivity contribution in [1.29, 1.82) is 5.26 Å². The lowest BCUT2D eigenvalue weighted by Crippen LogP contribution is -2.03. The van der Waals surface area contributed by atoms with E-state index in [9.17, 15) is 0 Å². The standard InChI is InChI=1S/C9H12N4/c1-7(2)8-5-12-9(13-6-8)11-4-3-10/h5-7H,4H2,1-2H3,(H,11,12,13). The van der Waals surface area contributed by atoms with Crippen LogP contribution in [0.25, 0.3) is 0 Å². The molecule has 0 amide bonds. The third kappa shape index (κ3) is 2.71. The van der Waals surface area contributed by atoms with Crippen molar-refractivity contribution in [2.45, 2.75) is 19.8 Å². The summed E-state index contributed by atoms with van der Waals surface area (Å²) in [6.45, 7) is 4.41. The van der Waals surface area contributed by atoms with Crippen molar-refractivity contribution >= 4 is 5.95 Å². The quantitative estimate of drug-likeness (QED) is 0.709. The van der Waals surface area contributed by atoms with E-state index in [2.05, 4.69) is 29.1 Å². The highest BCUT2D eigenvalue weighted by Gasteiger charge is 2.00. The van der Waals surface area contributed by atoms with Crippen molar-refractivity contribution in [3.8, 4) is 6.07 Å². The van der Waals surface area contributed by atoms with Crippen LogP contribution in [0.4, 0.5) is 5.95 Å². The Balaban J connectivity index is 2.65. The minimum absolute atomic E-state index is 0.237. The SMILES string of the molecule is CC(C)c1cnc(NCC#N)nc1. The predicted octanol–water partition coefficient (Wildman–Crippen LogP) is 1.54. The molecule has 0 saturated heterocycles. The van der Waals surface area contributed by atoms with Gasteiger partial charge in [-0.1, -0.05) is 13.8 Å². The van der Waals surface area contributed by atoms with Crippen LogP contribution >= 0.6 is 0 Å². The lowest BCUT2D eigenvalue weighted by Gasteiger charge is -2.04. The molecule has 0 radical (unpaired) electrons. The molecule has 0 atom stereocenters. The van der Waals surface area contributed by atoms with E-state index in [-0.39, 0.29) is 6.54 Å². The first-order valence-electron chi connectivity index (χ1n) is 4.17. The molecule has 4 heteroatoms. The van der Waals surface area contributed by atoms with Crippen LogP contribution in [-0.2, 0) is 0 Å². The van der Waals surface area contributed by atoms with E-state index in [1.54, 1.807) is 12.4 Å². The lowest BCUT2D eigenvalue weighted by molar-refractivity contribution is 0.846. The fraction of sp³-hybridized carbons (Fsp3) is 0.444. The number of nitrogens with one attached hydrogen (secondary N) is 1. The topological polar surface area (TPSA) is 61.6 Å². The highest BCUT2D eigenvalue weighted by atomic mass is 15.1. The van der Waals surface area contributed by atoms with E-state index in [0.717, 1.165) is 5.56 Å². The summed E-state index contributed by atoms with van der Waals surface area (Å²) in [6.07, 6.45) is 3.55. The van der Waals surface area contributed by atoms with Gasteiger partial charge in [0.05, 0.1) is 6.07 Å². The largest absolute Gasteiger partial charge is 0.341 e. The summed E-state index contributed by atoms with van der Waals surface area (Å²) >= 11 is 0. The Morgan fingerprint density at radius 2 is 2.08 bits per heavy atom. The first-order chi connectivity index (χ1) is 6.24. The second kappa shape index (κ2) is 4.41. The smallest absolute Gasteiger partial charge is 0.223 e. The van der Waals surface area contributed by atoms with Crippen LogP contribution in [0.15, 0.2) is 12.4 Å². The highest BCUT2D eigenvalue weighted by molar-refractivity contribution is 5.26. The molecule has 0 bridgehead atoms. The zero-order valence-electron chi connectivity index (χ0n) is 7.78. The zero-order chi connectivity index (χ0) is 9.68. The van der Waals surface area contributed by atoms with Gasteiger partial charge in [0, 0.05) is 12.4 Å². The van der Waals surface area contributed by atoms with E-state index in [0.29, 0.717) is 11.9 Å². The van der Waals surface area contributed by atoms with Crippen LogP contribution in [-0.4, -0.2) is 16.5 Å². The fourth-order valence-corrected chi connectivity index (χ4v) is 0.846. The van der Waals surface area contributed by atoms with Crippen molar-refractivity contribution in [3.05, 3.63) is 18.0 Å². The number of hydrogen-bond acceptors (Lipinski definition) is 4. The number of nitriles is 1. The van der Waals surface area contributed by atoms with Gasteiger partial charge in [-0.3, -0.25) is 0 Å². The first kappa shape index (κ1) is 9.46. The Morgan fingerprint density at radius 3 is 2.54 bits per heavy atom. The maximum absolute atomic E-state index is 8.30. The Morgan fingerprint density at radius 1 is 1.46 bits per heavy atom. The molecule has 0 saturated carbocycles. The van der Waals surface area contributed by atoms with E-state index in [4.69, 9.17) is 5.26 Å². The fourth-order valence-electron chi connectivity index (χ4n) is 0.846. The van der Waals surface area contributed by atoms with Crippen molar-refractivity contribution in [2.24, 2.45) is 0 Å². The van der Waals surface area contributed by atoms with Crippen LogP contribution in [0.5, 0.6) is 0 Å². The van der Waals surface area contributed by atoms with Gasteiger partial charge < -0.3 is 5.32 Å². The molecule has 0 spiro atoms. The summed E-state index contributed by atoms with van der Waals surface area (Å²) in [5, 5.41) is 11.1. The Hall–Kier alpha value is -1.63. The van der Waals surface area contributed by atoms with Gasteiger partial charge in [0.2, 0.25) is 5.95 Å². The van der Waals surface area contributed by atoms with E-state index < -0.39 is 0 Å². The lowest BCUT2D eigenvalue weighted by atomic mass is 10.1. The van der Waals surface area contributed by atoms with Crippen LogP contribution in [0.3, 0.4) is 0 Å². The molecular formula is C9H12N4. The molecule has 1 rings (SSSR count). The van der Waals surface area contributed by atoms with Gasteiger partial charge in [0.1, 0.15) is 6.54 Å². The maximum Gasteiger partial charge on any atom is 0.223 e. The average Bonchev–Trinajstić information content (AvgIpc) is 2.15. The summed E-state index contributed by atoms with van der Waals surface area (Å²) < 4.78 is 0. The minimum atomic E-state index is 0.237. The molecule has 0 aromatic carbocycles. The zero-order valence-corrected chi connectivity index (χ0v) is 7.78. The Kier molecular flexibility index (Phi) is 3.21. The molecule has 0 aliphatic carbocycles. The van der Waals surface area contributed by atoms with Gasteiger partial charge in [-0.2, -0.15) is 5.26 Å². The van der Waals surface area contributed by atoms with Gasteiger partial charge in [-0.25, -0.2) is 9.97 Å². The molecule has 1 heterocycles. The number of aromatic nitrogens is 2. The molecule has 1 aromatic heterocycles. The average molecular weight is 176 g/mol. The molecule has 1 N–H and O–H groups in total. The molecule has 0 fully saturated rings. The molecule has 0 aliphatic heterocycles. The van der Waals surface area contributed by atoms with Gasteiger partial charge in [-0.05, 0) is 11.5 Å². The second-order valence-electron chi connectivity index (χ2n) is 3.01. The normalized spacial score (nSPS) is 9.69. The van der Waals surface area contributed by atoms with Gasteiger partial charge in [0.15, 0.2) is 0 Å². The van der Waals surface area contributed by atoms with E-state index in [1.165, 1.54) is 0 Å². The third-order valence-electron chi connectivity index (χ3n) is 1.66. The van der Waals surface area contributed by atoms with E-state index in [1.807, 2.05) is 6.07 Å². The number of anilines is 1. The molecule has 0 aliphatic rings. The molecule has 4 nitrogen and oxygen atoms in total. The summed E-state index contributed by atoms with van der Waals surface area (Å²) in [5.41, 5.74) is 1.10. The monoisotopic (exact) mass is 176 g/mol. The van der Waals surface area contributed by atoms with Crippen LogP contribution in [0.1, 0.15) is 25.3 Å². The summed E-state index contributed by atoms with van der Waals surface area (Å²) in [4.78, 5) is 8.13. The predicted molar refractivity (Wildman–Crippen MR) is 50.2 cm³/mol. The molecule has 13 heavy (non-hydrogen) atoms. The van der Waals surface area contributed by atoms with Gasteiger partial charge >= 0.3 is 0 Å². The number of nitrogens with zero attached hydrogens (tertiary/aromatic N) is 3. The maximum atomic E-state index is 8.30. The molecule has 0 unspecified atom stereocenters.